The molecule has 4 N–H and O–H groups in total. The van der Waals surface area contributed by atoms with Crippen LogP contribution < -0.4 is 20.3 Å². The number of imidazole rings is 1. The molecule has 10 heteroatoms. The Balaban J connectivity index is 1.12. The molecule has 0 spiro atoms. The Labute approximate surface area is 226 Å². The first-order valence-electron chi connectivity index (χ1n) is 12.9. The van der Waals surface area contributed by atoms with Crippen molar-refractivity contribution in [1.29, 1.82) is 0 Å². The zero-order valence-electron chi connectivity index (χ0n) is 21.9. The molecule has 1 fully saturated rings. The van der Waals surface area contributed by atoms with Crippen molar-refractivity contribution in [1.82, 2.24) is 25.1 Å². The number of hydrogen-bond acceptors (Lipinski definition) is 6. The van der Waals surface area contributed by atoms with Crippen LogP contribution in [0.15, 0.2) is 72.8 Å². The maximum Gasteiger partial charge on any atom is 0.323 e. The summed E-state index contributed by atoms with van der Waals surface area (Å²) in [7, 11) is 3.75. The average Bonchev–Trinajstić information content (AvgIpc) is 3.61. The highest BCUT2D eigenvalue weighted by molar-refractivity contribution is 6.00. The molecule has 1 aliphatic rings. The Kier molecular flexibility index (Phi) is 6.60. The van der Waals surface area contributed by atoms with Gasteiger partial charge in [-0.25, -0.2) is 9.78 Å². The SMILES string of the molecule is COc1cccc(NC(=O)Nc2ccc(-c3cc(-c4nc5ccc(N6CCN(C)CC6)cc5[nH]4)[nH]n3)cc2)c1. The van der Waals surface area contributed by atoms with Crippen LogP contribution in [0.5, 0.6) is 5.75 Å². The summed E-state index contributed by atoms with van der Waals surface area (Å²) in [6, 6.07) is 22.7. The van der Waals surface area contributed by atoms with Gasteiger partial charge in [0.1, 0.15) is 11.4 Å². The Hall–Kier alpha value is -4.83. The van der Waals surface area contributed by atoms with Crippen LogP contribution in [0, 0.1) is 0 Å². The van der Waals surface area contributed by atoms with Crippen LogP contribution in [0.25, 0.3) is 33.8 Å². The third-order valence-corrected chi connectivity index (χ3v) is 6.93. The van der Waals surface area contributed by atoms with Crippen molar-refractivity contribution in [3.63, 3.8) is 0 Å². The minimum absolute atomic E-state index is 0.335. The number of ether oxygens (including phenoxy) is 1. The van der Waals surface area contributed by atoms with E-state index in [1.807, 2.05) is 42.5 Å². The number of hydrogen-bond donors (Lipinski definition) is 4. The minimum atomic E-state index is -0.335. The van der Waals surface area contributed by atoms with Crippen LogP contribution in [0.3, 0.4) is 0 Å². The average molecular weight is 523 g/mol. The van der Waals surface area contributed by atoms with Crippen LogP contribution in [-0.2, 0) is 0 Å². The smallest absolute Gasteiger partial charge is 0.323 e. The number of carbonyl (C=O) groups is 1. The molecule has 1 aliphatic heterocycles. The molecule has 39 heavy (non-hydrogen) atoms. The fourth-order valence-corrected chi connectivity index (χ4v) is 4.70. The molecule has 0 bridgehead atoms. The number of amides is 2. The molecule has 3 heterocycles. The van der Waals surface area contributed by atoms with Crippen molar-refractivity contribution in [3.8, 4) is 28.5 Å². The van der Waals surface area contributed by atoms with Crippen LogP contribution in [0.1, 0.15) is 0 Å². The molecule has 2 aromatic heterocycles. The first-order valence-corrected chi connectivity index (χ1v) is 12.9. The fourth-order valence-electron chi connectivity index (χ4n) is 4.70. The molecule has 0 saturated carbocycles. The molecule has 10 nitrogen and oxygen atoms in total. The van der Waals surface area contributed by atoms with Gasteiger partial charge < -0.3 is 30.2 Å². The molecule has 6 rings (SSSR count). The Morgan fingerprint density at radius 2 is 1.72 bits per heavy atom. The highest BCUT2D eigenvalue weighted by atomic mass is 16.5. The van der Waals surface area contributed by atoms with Gasteiger partial charge in [0.05, 0.1) is 23.8 Å². The lowest BCUT2D eigenvalue weighted by atomic mass is 10.1. The number of anilines is 3. The number of fused-ring (bicyclic) bond motifs is 1. The highest BCUT2D eigenvalue weighted by Crippen LogP contribution is 2.27. The number of aromatic amines is 2. The van der Waals surface area contributed by atoms with Crippen molar-refractivity contribution in [3.05, 3.63) is 72.8 Å². The molecule has 0 radical (unpaired) electrons. The van der Waals surface area contributed by atoms with E-state index in [0.717, 1.165) is 60.0 Å². The summed E-state index contributed by atoms with van der Waals surface area (Å²) in [5.41, 5.74) is 6.96. The maximum absolute atomic E-state index is 12.4. The summed E-state index contributed by atoms with van der Waals surface area (Å²) < 4.78 is 5.20. The second-order valence-electron chi connectivity index (χ2n) is 9.63. The Morgan fingerprint density at radius 1 is 0.923 bits per heavy atom. The molecule has 198 valence electrons. The number of rotatable bonds is 6. The van der Waals surface area contributed by atoms with Gasteiger partial charge in [0.15, 0.2) is 5.82 Å². The van der Waals surface area contributed by atoms with Crippen LogP contribution in [0.2, 0.25) is 0 Å². The van der Waals surface area contributed by atoms with Gasteiger partial charge in [-0.3, -0.25) is 5.10 Å². The minimum Gasteiger partial charge on any atom is -0.497 e. The molecule has 2 amide bonds. The molecule has 0 unspecified atom stereocenters. The van der Waals surface area contributed by atoms with E-state index in [0.29, 0.717) is 17.1 Å². The number of nitrogens with zero attached hydrogens (tertiary/aromatic N) is 4. The molecule has 5 aromatic rings. The van der Waals surface area contributed by atoms with E-state index in [2.05, 4.69) is 60.9 Å². The molecular weight excluding hydrogens is 492 g/mol. The van der Waals surface area contributed by atoms with Gasteiger partial charge in [-0.1, -0.05) is 18.2 Å². The van der Waals surface area contributed by atoms with Gasteiger partial charge in [-0.05, 0) is 55.6 Å². The summed E-state index contributed by atoms with van der Waals surface area (Å²) in [5, 5.41) is 13.2. The van der Waals surface area contributed by atoms with Crippen molar-refractivity contribution in [2.45, 2.75) is 0 Å². The van der Waals surface area contributed by atoms with Crippen molar-refractivity contribution < 1.29 is 9.53 Å². The molecule has 0 aliphatic carbocycles. The number of H-pyrrole nitrogens is 2. The van der Waals surface area contributed by atoms with Gasteiger partial charge in [0, 0.05) is 54.9 Å². The van der Waals surface area contributed by atoms with Gasteiger partial charge >= 0.3 is 6.03 Å². The number of methoxy groups -OCH3 is 1. The van der Waals surface area contributed by atoms with Crippen molar-refractivity contribution in [2.24, 2.45) is 0 Å². The normalized spacial score (nSPS) is 13.9. The van der Waals surface area contributed by atoms with E-state index < -0.39 is 0 Å². The summed E-state index contributed by atoms with van der Waals surface area (Å²) in [6.07, 6.45) is 0. The third kappa shape index (κ3) is 5.41. The quantitative estimate of drug-likeness (QED) is 0.249. The van der Waals surface area contributed by atoms with E-state index in [4.69, 9.17) is 9.72 Å². The summed E-state index contributed by atoms with van der Waals surface area (Å²) in [5.74, 6) is 1.42. The third-order valence-electron chi connectivity index (χ3n) is 6.93. The number of urea groups is 1. The van der Waals surface area contributed by atoms with Crippen molar-refractivity contribution >= 4 is 34.1 Å². The lowest BCUT2D eigenvalue weighted by Crippen LogP contribution is -2.44. The predicted molar refractivity (Wildman–Crippen MR) is 154 cm³/mol. The lowest BCUT2D eigenvalue weighted by Gasteiger charge is -2.34. The van der Waals surface area contributed by atoms with Crippen molar-refractivity contribution in [2.75, 3.05) is 55.9 Å². The molecule has 0 atom stereocenters. The molecule has 1 saturated heterocycles. The van der Waals surface area contributed by atoms with E-state index in [1.165, 1.54) is 5.69 Å². The first kappa shape index (κ1) is 24.5. The first-order chi connectivity index (χ1) is 19.0. The van der Waals surface area contributed by atoms with E-state index in [9.17, 15) is 4.79 Å². The molecule has 3 aromatic carbocycles. The van der Waals surface area contributed by atoms with E-state index in [-0.39, 0.29) is 6.03 Å². The topological polar surface area (TPSA) is 114 Å². The number of aromatic nitrogens is 4. The lowest BCUT2D eigenvalue weighted by molar-refractivity contribution is 0.262. The zero-order chi connectivity index (χ0) is 26.8. The van der Waals surface area contributed by atoms with Gasteiger partial charge in [0.25, 0.3) is 0 Å². The van der Waals surface area contributed by atoms with Gasteiger partial charge in [-0.15, -0.1) is 0 Å². The standard InChI is InChI=1S/C29H30N8O2/c1-36-12-14-37(15-13-36)22-10-11-24-26(17-22)33-28(32-24)27-18-25(34-35-27)19-6-8-20(9-7-19)30-29(38)31-21-4-3-5-23(16-21)39-2/h3-11,16-18H,12-15H2,1-2H3,(H,32,33)(H,34,35)(H2,30,31,38). The summed E-state index contributed by atoms with van der Waals surface area (Å²) >= 11 is 0. The second-order valence-corrected chi connectivity index (χ2v) is 9.63. The highest BCUT2D eigenvalue weighted by Gasteiger charge is 2.16. The number of piperazine rings is 1. The van der Waals surface area contributed by atoms with Crippen LogP contribution >= 0.6 is 0 Å². The Morgan fingerprint density at radius 3 is 2.51 bits per heavy atom. The fraction of sp³-hybridized carbons (Fsp3) is 0.207. The maximum atomic E-state index is 12.4. The number of carbonyl (C=O) groups excluding carboxylic acids is 1. The number of benzene rings is 3. The Bertz CT molecular complexity index is 1600. The van der Waals surface area contributed by atoms with Gasteiger partial charge in [0.2, 0.25) is 0 Å². The van der Waals surface area contributed by atoms with E-state index in [1.54, 1.807) is 19.2 Å². The van der Waals surface area contributed by atoms with Crippen LogP contribution in [-0.4, -0.2) is 71.4 Å². The largest absolute Gasteiger partial charge is 0.497 e. The van der Waals surface area contributed by atoms with Crippen LogP contribution in [0.4, 0.5) is 21.9 Å². The molecular formula is C29H30N8O2. The number of likely N-dealkylation sites (N-methyl/N-ethyl adjacent to an activating group) is 1. The number of nitrogens with one attached hydrogen (secondary N) is 4. The van der Waals surface area contributed by atoms with E-state index >= 15 is 0 Å². The summed E-state index contributed by atoms with van der Waals surface area (Å²) in [6.45, 7) is 4.18. The second kappa shape index (κ2) is 10.5. The monoisotopic (exact) mass is 522 g/mol. The predicted octanol–water partition coefficient (Wildman–Crippen LogP) is 5.02. The summed E-state index contributed by atoms with van der Waals surface area (Å²) in [4.78, 5) is 25.4. The van der Waals surface area contributed by atoms with Gasteiger partial charge in [-0.2, -0.15) is 5.10 Å². The zero-order valence-corrected chi connectivity index (χ0v) is 21.9.